The lowest BCUT2D eigenvalue weighted by molar-refractivity contribution is 0.0695. The Bertz CT molecular complexity index is 647. The van der Waals surface area contributed by atoms with E-state index >= 15 is 0 Å². The number of hydrogen-bond donors (Lipinski definition) is 1. The lowest BCUT2D eigenvalue weighted by atomic mass is 10.2. The van der Waals surface area contributed by atoms with Crippen LogP contribution in [-0.2, 0) is 0 Å². The minimum atomic E-state index is -1.03. The first-order chi connectivity index (χ1) is 10.1. The van der Waals surface area contributed by atoms with Crippen LogP contribution in [0.25, 0.3) is 0 Å². The number of carboxylic acid groups (broad SMARTS) is 1. The lowest BCUT2D eigenvalue weighted by Gasteiger charge is -2.13. The van der Waals surface area contributed by atoms with Gasteiger partial charge in [-0.05, 0) is 25.1 Å². The van der Waals surface area contributed by atoms with Crippen LogP contribution in [0.3, 0.4) is 0 Å². The number of benzene rings is 1. The number of aryl methyl sites for hydroxylation is 1. The molecule has 0 aliphatic carbocycles. The quantitative estimate of drug-likeness (QED) is 0.911. The van der Waals surface area contributed by atoms with E-state index < -0.39 is 5.97 Å². The monoisotopic (exact) mass is 289 g/mol. The Balaban J connectivity index is 2.38. The molecule has 0 saturated carbocycles. The lowest BCUT2D eigenvalue weighted by Crippen LogP contribution is -2.03. The van der Waals surface area contributed by atoms with Gasteiger partial charge in [-0.25, -0.2) is 9.78 Å². The molecule has 0 bridgehead atoms. The van der Waals surface area contributed by atoms with Crippen LogP contribution in [0.5, 0.6) is 23.1 Å². The number of methoxy groups -OCH3 is 2. The molecule has 0 unspecified atom stereocenters. The van der Waals surface area contributed by atoms with Gasteiger partial charge in [0, 0.05) is 6.07 Å². The number of para-hydroxylation sites is 1. The Kier molecular flexibility index (Phi) is 4.27. The van der Waals surface area contributed by atoms with Crippen molar-refractivity contribution in [3.8, 4) is 23.1 Å². The number of carbonyl (C=O) groups is 1. The Morgan fingerprint density at radius 3 is 2.19 bits per heavy atom. The van der Waals surface area contributed by atoms with E-state index in [9.17, 15) is 4.79 Å². The molecule has 0 fully saturated rings. The molecule has 1 N–H and O–H groups in total. The molecule has 0 aliphatic heterocycles. The molecule has 1 aromatic heterocycles. The molecule has 0 radical (unpaired) electrons. The molecule has 21 heavy (non-hydrogen) atoms. The van der Waals surface area contributed by atoms with Crippen LogP contribution >= 0.6 is 0 Å². The van der Waals surface area contributed by atoms with Crippen molar-refractivity contribution in [3.63, 3.8) is 0 Å². The van der Waals surface area contributed by atoms with E-state index in [4.69, 9.17) is 19.3 Å². The minimum absolute atomic E-state index is 0.134. The summed E-state index contributed by atoms with van der Waals surface area (Å²) in [5.74, 6) is 0.617. The third-order valence-corrected chi connectivity index (χ3v) is 2.88. The number of aromatic nitrogens is 1. The fraction of sp³-hybridized carbons (Fsp3) is 0.200. The molecule has 0 aliphatic rings. The maximum Gasteiger partial charge on any atom is 0.337 e. The van der Waals surface area contributed by atoms with Gasteiger partial charge in [0.05, 0.1) is 25.5 Å². The van der Waals surface area contributed by atoms with Crippen molar-refractivity contribution in [2.45, 2.75) is 6.92 Å². The first-order valence-corrected chi connectivity index (χ1v) is 6.16. The maximum absolute atomic E-state index is 11.0. The zero-order valence-electron chi connectivity index (χ0n) is 11.9. The molecule has 1 aromatic carbocycles. The molecule has 110 valence electrons. The molecular formula is C15H15NO5. The number of hydrogen-bond acceptors (Lipinski definition) is 5. The topological polar surface area (TPSA) is 77.9 Å². The highest BCUT2D eigenvalue weighted by molar-refractivity contribution is 5.88. The highest BCUT2D eigenvalue weighted by Crippen LogP contribution is 2.39. The average molecular weight is 289 g/mol. The fourth-order valence-electron chi connectivity index (χ4n) is 1.84. The first-order valence-electron chi connectivity index (χ1n) is 6.16. The third kappa shape index (κ3) is 3.05. The standard InChI is InChI=1S/C15H15NO5/c1-9-10(15(17)18)7-8-13(16-9)21-14-11(19-2)5-4-6-12(14)20-3/h4-8H,1-3H3,(H,17,18). The van der Waals surface area contributed by atoms with Gasteiger partial charge in [0.2, 0.25) is 11.6 Å². The van der Waals surface area contributed by atoms with Gasteiger partial charge in [-0.3, -0.25) is 0 Å². The van der Waals surface area contributed by atoms with Crippen LogP contribution in [0, 0.1) is 6.92 Å². The summed E-state index contributed by atoms with van der Waals surface area (Å²) in [6.45, 7) is 1.61. The maximum atomic E-state index is 11.0. The van der Waals surface area contributed by atoms with E-state index in [0.29, 0.717) is 22.9 Å². The zero-order valence-corrected chi connectivity index (χ0v) is 11.9. The van der Waals surface area contributed by atoms with Crippen LogP contribution in [0.4, 0.5) is 0 Å². The van der Waals surface area contributed by atoms with E-state index in [1.807, 2.05) is 0 Å². The van der Waals surface area contributed by atoms with Gasteiger partial charge >= 0.3 is 5.97 Å². The van der Waals surface area contributed by atoms with Gasteiger partial charge in [-0.15, -0.1) is 0 Å². The van der Waals surface area contributed by atoms with E-state index in [-0.39, 0.29) is 11.4 Å². The summed E-state index contributed by atoms with van der Waals surface area (Å²) in [5, 5.41) is 8.99. The van der Waals surface area contributed by atoms with Crippen LogP contribution in [-0.4, -0.2) is 30.3 Å². The molecule has 0 saturated heterocycles. The Morgan fingerprint density at radius 2 is 1.71 bits per heavy atom. The van der Waals surface area contributed by atoms with Gasteiger partial charge in [0.1, 0.15) is 0 Å². The molecule has 2 rings (SSSR count). The predicted molar refractivity (Wildman–Crippen MR) is 75.6 cm³/mol. The summed E-state index contributed by atoms with van der Waals surface area (Å²) >= 11 is 0. The molecular weight excluding hydrogens is 274 g/mol. The minimum Gasteiger partial charge on any atom is -0.493 e. The number of pyridine rings is 1. The van der Waals surface area contributed by atoms with Gasteiger partial charge in [-0.2, -0.15) is 0 Å². The second kappa shape index (κ2) is 6.13. The predicted octanol–water partition coefficient (Wildman–Crippen LogP) is 2.90. The molecule has 6 nitrogen and oxygen atoms in total. The molecule has 0 amide bonds. The van der Waals surface area contributed by atoms with Crippen LogP contribution in [0.15, 0.2) is 30.3 Å². The normalized spacial score (nSPS) is 10.0. The number of rotatable bonds is 5. The number of carboxylic acids is 1. The molecule has 0 atom stereocenters. The van der Waals surface area contributed by atoms with E-state index in [1.54, 1.807) is 25.1 Å². The van der Waals surface area contributed by atoms with E-state index in [2.05, 4.69) is 4.98 Å². The van der Waals surface area contributed by atoms with Crippen molar-refractivity contribution in [1.29, 1.82) is 0 Å². The largest absolute Gasteiger partial charge is 0.493 e. The smallest absolute Gasteiger partial charge is 0.337 e. The summed E-state index contributed by atoms with van der Waals surface area (Å²) in [6.07, 6.45) is 0. The first kappa shape index (κ1) is 14.6. The molecule has 2 aromatic rings. The number of nitrogens with zero attached hydrogens (tertiary/aromatic N) is 1. The second-order valence-electron chi connectivity index (χ2n) is 4.18. The summed E-state index contributed by atoms with van der Waals surface area (Å²) in [6, 6.07) is 8.17. The van der Waals surface area contributed by atoms with Crippen molar-refractivity contribution < 1.29 is 24.1 Å². The van der Waals surface area contributed by atoms with Crippen molar-refractivity contribution >= 4 is 5.97 Å². The molecule has 0 spiro atoms. The highest BCUT2D eigenvalue weighted by atomic mass is 16.5. The van der Waals surface area contributed by atoms with Gasteiger partial charge < -0.3 is 19.3 Å². The number of aromatic carboxylic acids is 1. The van der Waals surface area contributed by atoms with Gasteiger partial charge in [-0.1, -0.05) is 6.07 Å². The van der Waals surface area contributed by atoms with Crippen molar-refractivity contribution in [1.82, 2.24) is 4.98 Å². The summed E-state index contributed by atoms with van der Waals surface area (Å²) in [4.78, 5) is 15.1. The summed E-state index contributed by atoms with van der Waals surface area (Å²) in [7, 11) is 3.04. The van der Waals surface area contributed by atoms with Gasteiger partial charge in [0.25, 0.3) is 0 Å². The Labute approximate surface area is 121 Å². The van der Waals surface area contributed by atoms with Crippen molar-refractivity contribution in [2.24, 2.45) is 0 Å². The van der Waals surface area contributed by atoms with Crippen LogP contribution in [0.1, 0.15) is 16.1 Å². The van der Waals surface area contributed by atoms with Crippen LogP contribution in [0.2, 0.25) is 0 Å². The number of ether oxygens (including phenoxy) is 3. The Morgan fingerprint density at radius 1 is 1.10 bits per heavy atom. The highest BCUT2D eigenvalue weighted by Gasteiger charge is 2.15. The van der Waals surface area contributed by atoms with Gasteiger partial charge in [0.15, 0.2) is 11.5 Å². The summed E-state index contributed by atoms with van der Waals surface area (Å²) < 4.78 is 16.1. The Hall–Kier alpha value is -2.76. The summed E-state index contributed by atoms with van der Waals surface area (Å²) in [5.41, 5.74) is 0.503. The van der Waals surface area contributed by atoms with E-state index in [1.165, 1.54) is 26.4 Å². The zero-order chi connectivity index (χ0) is 15.4. The van der Waals surface area contributed by atoms with Crippen LogP contribution < -0.4 is 14.2 Å². The fourth-order valence-corrected chi connectivity index (χ4v) is 1.84. The van der Waals surface area contributed by atoms with Crippen molar-refractivity contribution in [3.05, 3.63) is 41.6 Å². The average Bonchev–Trinajstić information content (AvgIpc) is 2.47. The second-order valence-corrected chi connectivity index (χ2v) is 4.18. The van der Waals surface area contributed by atoms with Crippen molar-refractivity contribution in [2.75, 3.05) is 14.2 Å². The molecule has 1 heterocycles. The SMILES string of the molecule is COc1cccc(OC)c1Oc1ccc(C(=O)O)c(C)n1. The molecule has 6 heteroatoms. The van der Waals surface area contributed by atoms with E-state index in [0.717, 1.165) is 0 Å². The third-order valence-electron chi connectivity index (χ3n) is 2.88.